The highest BCUT2D eigenvalue weighted by Gasteiger charge is 2.45. The largest absolute Gasteiger partial charge is 0.467 e. The SMILES string of the molecule is COC(=O)[C@@H](CCNC(=O)C(O)CCC1CC1c1cccc(F)c1)NC(=O)c1ccc(Nc2nc(NC3(c4ccc(Cl)cc4)CC3)nc(OCC(F)(F)F)n2)cc1. The van der Waals surface area contributed by atoms with Gasteiger partial charge in [0, 0.05) is 22.8 Å². The topological polar surface area (TPSA) is 177 Å². The van der Waals surface area contributed by atoms with Crippen LogP contribution in [0.4, 0.5) is 35.1 Å². The van der Waals surface area contributed by atoms with E-state index in [2.05, 4.69) is 36.2 Å². The molecular weight excluding hydrogens is 774 g/mol. The minimum Gasteiger partial charge on any atom is -0.467 e. The lowest BCUT2D eigenvalue weighted by molar-refractivity contribution is -0.154. The summed E-state index contributed by atoms with van der Waals surface area (Å²) in [5, 5.41) is 22.2. The van der Waals surface area contributed by atoms with E-state index in [0.717, 1.165) is 24.7 Å². The number of rotatable bonds is 18. The molecule has 2 fully saturated rings. The molecule has 57 heavy (non-hydrogen) atoms. The monoisotopic (exact) mass is 813 g/mol. The Morgan fingerprint density at radius 1 is 0.982 bits per heavy atom. The number of amides is 2. The second-order valence-electron chi connectivity index (χ2n) is 14.0. The van der Waals surface area contributed by atoms with Crippen molar-refractivity contribution in [3.63, 3.8) is 0 Å². The van der Waals surface area contributed by atoms with Crippen LogP contribution in [-0.2, 0) is 19.9 Å². The number of hydrogen-bond acceptors (Lipinski definition) is 11. The fourth-order valence-electron chi connectivity index (χ4n) is 6.41. The van der Waals surface area contributed by atoms with Crippen molar-refractivity contribution in [2.24, 2.45) is 5.92 Å². The number of aromatic nitrogens is 3. The zero-order valence-corrected chi connectivity index (χ0v) is 31.4. The van der Waals surface area contributed by atoms with Crippen molar-refractivity contribution in [1.29, 1.82) is 0 Å². The van der Waals surface area contributed by atoms with Gasteiger partial charge in [-0.25, -0.2) is 9.18 Å². The van der Waals surface area contributed by atoms with E-state index in [4.69, 9.17) is 21.1 Å². The summed E-state index contributed by atoms with van der Waals surface area (Å²) in [5.41, 5.74) is 1.75. The Balaban J connectivity index is 1.02. The van der Waals surface area contributed by atoms with Crippen LogP contribution >= 0.6 is 11.6 Å². The van der Waals surface area contributed by atoms with Gasteiger partial charge in [0.2, 0.25) is 17.8 Å². The summed E-state index contributed by atoms with van der Waals surface area (Å²) in [7, 11) is 1.16. The van der Waals surface area contributed by atoms with Crippen LogP contribution in [0.15, 0.2) is 72.8 Å². The number of nitrogens with one attached hydrogen (secondary N) is 4. The first-order chi connectivity index (χ1) is 27.2. The zero-order valence-electron chi connectivity index (χ0n) is 30.6. The number of carbonyl (C=O) groups is 3. The van der Waals surface area contributed by atoms with Gasteiger partial charge in [-0.15, -0.1) is 0 Å². The van der Waals surface area contributed by atoms with E-state index in [0.29, 0.717) is 30.0 Å². The van der Waals surface area contributed by atoms with Crippen molar-refractivity contribution in [2.75, 3.05) is 30.9 Å². The van der Waals surface area contributed by atoms with Crippen LogP contribution in [0.1, 0.15) is 65.9 Å². The Morgan fingerprint density at radius 2 is 1.70 bits per heavy atom. The molecule has 0 saturated heterocycles. The highest BCUT2D eigenvalue weighted by molar-refractivity contribution is 6.30. The Hall–Kier alpha value is -5.55. The van der Waals surface area contributed by atoms with Gasteiger partial charge in [-0.3, -0.25) is 9.59 Å². The van der Waals surface area contributed by atoms with E-state index in [1.54, 1.807) is 18.2 Å². The van der Waals surface area contributed by atoms with Crippen molar-refractivity contribution in [1.82, 2.24) is 25.6 Å². The first-order valence-electron chi connectivity index (χ1n) is 18.2. The Kier molecular flexibility index (Phi) is 12.8. The quantitative estimate of drug-likeness (QED) is 0.0574. The van der Waals surface area contributed by atoms with Crippen molar-refractivity contribution in [2.45, 2.75) is 68.3 Å². The average molecular weight is 814 g/mol. The molecule has 0 spiro atoms. The summed E-state index contributed by atoms with van der Waals surface area (Å²) < 4.78 is 62.1. The van der Waals surface area contributed by atoms with Gasteiger partial charge in [0.1, 0.15) is 18.0 Å². The lowest BCUT2D eigenvalue weighted by Crippen LogP contribution is -2.44. The molecular formula is C39H40ClF4N7O6. The molecule has 5 N–H and O–H groups in total. The molecule has 2 aliphatic rings. The number of esters is 1. The minimum absolute atomic E-state index is 0.0262. The molecule has 3 aromatic carbocycles. The highest BCUT2D eigenvalue weighted by Crippen LogP contribution is 2.50. The number of aliphatic hydroxyl groups excluding tert-OH is 1. The van der Waals surface area contributed by atoms with Gasteiger partial charge in [-0.2, -0.15) is 28.1 Å². The maximum Gasteiger partial charge on any atom is 0.422 e. The number of anilines is 3. The number of halogens is 5. The lowest BCUT2D eigenvalue weighted by Gasteiger charge is -2.19. The third-order valence-corrected chi connectivity index (χ3v) is 9.97. The molecule has 0 bridgehead atoms. The normalized spacial score (nSPS) is 17.7. The molecule has 18 heteroatoms. The standard InChI is InChI=1S/C39H40ClF4N7O6/c1-56-34(55)30(15-18-45-33(54)31(52)14-7-24-20-29(24)23-3-2-4-27(41)19-23)47-32(53)22-5-12-28(13-6-22)46-35-48-36(50-37(49-35)57-21-39(42,43)44)51-38(16-17-38)25-8-10-26(40)11-9-25/h2-6,8-13,19,24,29-31,52H,7,14-18,20-21H2,1H3,(H,45,54)(H,47,53)(H2,46,48,49,50,51)/t24?,29?,30-,31?/m1/s1. The molecule has 6 rings (SSSR count). The summed E-state index contributed by atoms with van der Waals surface area (Å²) in [5.74, 6) is -2.02. The fraction of sp³-hybridized carbons (Fsp3) is 0.385. The Morgan fingerprint density at radius 3 is 2.37 bits per heavy atom. The smallest absolute Gasteiger partial charge is 0.422 e. The number of hydrogen-bond donors (Lipinski definition) is 5. The highest BCUT2D eigenvalue weighted by atomic mass is 35.5. The molecule has 0 aliphatic heterocycles. The van der Waals surface area contributed by atoms with E-state index in [1.807, 2.05) is 18.2 Å². The first-order valence-corrected chi connectivity index (χ1v) is 18.5. The lowest BCUT2D eigenvalue weighted by atomic mass is 10.0. The van der Waals surface area contributed by atoms with Gasteiger partial charge in [-0.1, -0.05) is 35.9 Å². The van der Waals surface area contributed by atoms with Gasteiger partial charge in [0.05, 0.1) is 12.6 Å². The molecule has 4 atom stereocenters. The van der Waals surface area contributed by atoms with Gasteiger partial charge in [-0.05, 0) is 110 Å². The van der Waals surface area contributed by atoms with Gasteiger partial charge >= 0.3 is 18.2 Å². The Labute approximate surface area is 329 Å². The third kappa shape index (κ3) is 11.5. The van der Waals surface area contributed by atoms with Crippen molar-refractivity contribution in [3.05, 3.63) is 100 Å². The molecule has 302 valence electrons. The van der Waals surface area contributed by atoms with Crippen LogP contribution < -0.4 is 26.0 Å². The summed E-state index contributed by atoms with van der Waals surface area (Å²) in [6, 6.07) is 17.7. The molecule has 0 radical (unpaired) electrons. The summed E-state index contributed by atoms with van der Waals surface area (Å²) in [4.78, 5) is 50.5. The van der Waals surface area contributed by atoms with E-state index in [9.17, 15) is 37.1 Å². The number of alkyl halides is 3. The molecule has 1 heterocycles. The molecule has 1 aromatic heterocycles. The number of ether oxygens (including phenoxy) is 2. The van der Waals surface area contributed by atoms with Crippen LogP contribution in [0.25, 0.3) is 0 Å². The molecule has 13 nitrogen and oxygen atoms in total. The van der Waals surface area contributed by atoms with Gasteiger partial charge in [0.25, 0.3) is 5.91 Å². The minimum atomic E-state index is -4.64. The van der Waals surface area contributed by atoms with E-state index in [-0.39, 0.29) is 54.5 Å². The van der Waals surface area contributed by atoms with E-state index < -0.39 is 54.3 Å². The molecule has 4 aromatic rings. The van der Waals surface area contributed by atoms with Crippen LogP contribution in [0.5, 0.6) is 6.01 Å². The molecule has 2 saturated carbocycles. The molecule has 2 aliphatic carbocycles. The number of benzene rings is 3. The average Bonchev–Trinajstić information content (AvgIpc) is 4.12. The predicted octanol–water partition coefficient (Wildman–Crippen LogP) is 6.17. The van der Waals surface area contributed by atoms with Crippen LogP contribution in [-0.4, -0.2) is 76.4 Å². The summed E-state index contributed by atoms with van der Waals surface area (Å²) >= 11 is 6.03. The Bertz CT molecular complexity index is 2050. The number of methoxy groups -OCH3 is 1. The van der Waals surface area contributed by atoms with Crippen molar-refractivity contribution < 1.29 is 46.5 Å². The van der Waals surface area contributed by atoms with Crippen molar-refractivity contribution in [3.8, 4) is 6.01 Å². The molecule has 3 unspecified atom stereocenters. The summed E-state index contributed by atoms with van der Waals surface area (Å²) in [6.45, 7) is -1.67. The first kappa shape index (κ1) is 41.1. The summed E-state index contributed by atoms with van der Waals surface area (Å²) in [6.07, 6.45) is -2.87. The number of aliphatic hydroxyl groups is 1. The molecule has 2 amide bonds. The van der Waals surface area contributed by atoms with E-state index in [1.165, 1.54) is 36.4 Å². The number of nitrogens with zero attached hydrogens (tertiary/aromatic N) is 3. The second-order valence-corrected chi connectivity index (χ2v) is 14.4. The van der Waals surface area contributed by atoms with Crippen LogP contribution in [0.3, 0.4) is 0 Å². The second kappa shape index (κ2) is 17.7. The third-order valence-electron chi connectivity index (χ3n) is 9.72. The van der Waals surface area contributed by atoms with E-state index >= 15 is 0 Å². The van der Waals surface area contributed by atoms with Gasteiger partial charge in [0.15, 0.2) is 6.61 Å². The fourth-order valence-corrected chi connectivity index (χ4v) is 6.54. The zero-order chi connectivity index (χ0) is 40.7. The van der Waals surface area contributed by atoms with Crippen molar-refractivity contribution >= 4 is 47.0 Å². The van der Waals surface area contributed by atoms with Crippen LogP contribution in [0, 0.1) is 11.7 Å². The maximum absolute atomic E-state index is 13.5. The predicted molar refractivity (Wildman–Crippen MR) is 200 cm³/mol. The van der Waals surface area contributed by atoms with Gasteiger partial charge < -0.3 is 35.8 Å². The van der Waals surface area contributed by atoms with Crippen LogP contribution in [0.2, 0.25) is 5.02 Å². The number of carbonyl (C=O) groups excluding carboxylic acids is 3. The maximum atomic E-state index is 13.5.